The van der Waals surface area contributed by atoms with Crippen LogP contribution >= 0.6 is 11.6 Å². The lowest BCUT2D eigenvalue weighted by Crippen LogP contribution is -2.11. The lowest BCUT2D eigenvalue weighted by molar-refractivity contribution is 0.485. The molecule has 3 aromatic rings. The number of fused-ring (bicyclic) bond motifs is 1. The molecule has 0 radical (unpaired) electrons. The van der Waals surface area contributed by atoms with Gasteiger partial charge < -0.3 is 4.18 Å². The van der Waals surface area contributed by atoms with Crippen molar-refractivity contribution in [1.29, 1.82) is 0 Å². The van der Waals surface area contributed by atoms with Crippen molar-refractivity contribution in [3.63, 3.8) is 0 Å². The van der Waals surface area contributed by atoms with Crippen molar-refractivity contribution in [2.75, 3.05) is 0 Å². The minimum atomic E-state index is -3.98. The van der Waals surface area contributed by atoms with Crippen LogP contribution in [0.2, 0.25) is 5.02 Å². The highest BCUT2D eigenvalue weighted by molar-refractivity contribution is 7.87. The number of hydrogen-bond donors (Lipinski definition) is 0. The normalized spacial score (nSPS) is 11.7. The van der Waals surface area contributed by atoms with E-state index < -0.39 is 10.1 Å². The summed E-state index contributed by atoms with van der Waals surface area (Å²) in [6, 6.07) is 7.17. The van der Waals surface area contributed by atoms with Gasteiger partial charge in [0.1, 0.15) is 11.2 Å². The van der Waals surface area contributed by atoms with Gasteiger partial charge in [0.25, 0.3) is 0 Å². The highest BCUT2D eigenvalue weighted by atomic mass is 35.5. The first-order valence-corrected chi connectivity index (χ1v) is 7.62. The summed E-state index contributed by atoms with van der Waals surface area (Å²) in [6.45, 7) is 1.71. The number of halogens is 1. The van der Waals surface area contributed by atoms with Gasteiger partial charge in [0, 0.05) is 11.1 Å². The van der Waals surface area contributed by atoms with E-state index in [1.54, 1.807) is 6.92 Å². The second-order valence-corrected chi connectivity index (χ2v) is 6.22. The van der Waals surface area contributed by atoms with E-state index >= 15 is 0 Å². The molecular weight excluding hydrogens is 316 g/mol. The maximum Gasteiger partial charge on any atom is 0.339 e. The third-order valence-corrected chi connectivity index (χ3v) is 4.16. The van der Waals surface area contributed by atoms with Crippen molar-refractivity contribution >= 4 is 27.4 Å². The molecule has 0 aliphatic carbocycles. The monoisotopic (exact) mass is 324 g/mol. The third-order valence-electron chi connectivity index (χ3n) is 2.66. The van der Waals surface area contributed by atoms with Crippen molar-refractivity contribution in [1.82, 2.24) is 19.8 Å². The summed E-state index contributed by atoms with van der Waals surface area (Å²) in [7, 11) is -3.98. The summed E-state index contributed by atoms with van der Waals surface area (Å²) in [6.07, 6.45) is 1.37. The second kappa shape index (κ2) is 4.97. The van der Waals surface area contributed by atoms with Crippen LogP contribution in [0.15, 0.2) is 41.6 Å². The lowest BCUT2D eigenvalue weighted by Gasteiger charge is -2.08. The molecule has 0 spiro atoms. The van der Waals surface area contributed by atoms with Crippen LogP contribution in [0.5, 0.6) is 5.75 Å². The fourth-order valence-electron chi connectivity index (χ4n) is 1.75. The first kappa shape index (κ1) is 13.8. The summed E-state index contributed by atoms with van der Waals surface area (Å²) in [5.41, 5.74) is 0.793. The molecule has 0 saturated heterocycles. The zero-order valence-electron chi connectivity index (χ0n) is 10.8. The highest BCUT2D eigenvalue weighted by Gasteiger charge is 2.19. The molecule has 0 aliphatic heterocycles. The number of benzene rings is 1. The molecule has 0 unspecified atom stereocenters. The molecule has 108 valence electrons. The average molecular weight is 325 g/mol. The largest absolute Gasteiger partial charge is 0.375 e. The Balaban J connectivity index is 2.05. The number of aromatic nitrogens is 4. The summed E-state index contributed by atoms with van der Waals surface area (Å²) in [5, 5.41) is 12.0. The summed E-state index contributed by atoms with van der Waals surface area (Å²) < 4.78 is 31.0. The molecule has 0 fully saturated rings. The molecular formula is C12H9ClN4O3S. The minimum absolute atomic E-state index is 0.000898. The van der Waals surface area contributed by atoms with Crippen LogP contribution in [0.3, 0.4) is 0 Å². The van der Waals surface area contributed by atoms with E-state index in [1.807, 2.05) is 0 Å². The Bertz CT molecular complexity index is 906. The van der Waals surface area contributed by atoms with E-state index in [0.29, 0.717) is 10.7 Å². The quantitative estimate of drug-likeness (QED) is 0.683. The van der Waals surface area contributed by atoms with Crippen molar-refractivity contribution in [3.05, 3.63) is 47.4 Å². The molecule has 3 rings (SSSR count). The van der Waals surface area contributed by atoms with Crippen molar-refractivity contribution in [2.24, 2.45) is 0 Å². The topological polar surface area (TPSA) is 86.5 Å². The van der Waals surface area contributed by atoms with Crippen LogP contribution in [0.4, 0.5) is 0 Å². The summed E-state index contributed by atoms with van der Waals surface area (Å²) in [5.74, 6) is 0.0648. The standard InChI is InChI=1S/C12H9ClN4O3S/c1-8-6-11(12-15-14-7-17(12)16-8)20-21(18,19)10-4-2-9(13)3-5-10/h2-7H,1H3. The third kappa shape index (κ3) is 2.67. The van der Waals surface area contributed by atoms with Gasteiger partial charge in [-0.05, 0) is 31.2 Å². The van der Waals surface area contributed by atoms with Gasteiger partial charge in [-0.25, -0.2) is 0 Å². The first-order chi connectivity index (χ1) is 9.95. The molecule has 21 heavy (non-hydrogen) atoms. The molecule has 0 amide bonds. The predicted molar refractivity (Wildman–Crippen MR) is 74.8 cm³/mol. The van der Waals surface area contributed by atoms with Gasteiger partial charge in [0.05, 0.1) is 5.69 Å². The van der Waals surface area contributed by atoms with Crippen LogP contribution in [-0.2, 0) is 10.1 Å². The van der Waals surface area contributed by atoms with Gasteiger partial charge in [-0.15, -0.1) is 10.2 Å². The molecule has 0 aliphatic rings. The Morgan fingerprint density at radius 2 is 1.95 bits per heavy atom. The number of hydrogen-bond acceptors (Lipinski definition) is 6. The van der Waals surface area contributed by atoms with E-state index in [9.17, 15) is 8.42 Å². The van der Waals surface area contributed by atoms with Crippen LogP contribution in [-0.4, -0.2) is 28.2 Å². The Kier molecular flexibility index (Phi) is 3.26. The maximum absolute atomic E-state index is 12.2. The Labute approximate surface area is 125 Å². The Morgan fingerprint density at radius 1 is 1.24 bits per heavy atom. The molecule has 0 saturated carbocycles. The van der Waals surface area contributed by atoms with Gasteiger partial charge in [0.15, 0.2) is 5.75 Å². The average Bonchev–Trinajstić information content (AvgIpc) is 2.87. The number of rotatable bonds is 3. The van der Waals surface area contributed by atoms with Gasteiger partial charge in [-0.3, -0.25) is 0 Å². The fourth-order valence-corrected chi connectivity index (χ4v) is 2.80. The Hall–Kier alpha value is -2.19. The Morgan fingerprint density at radius 3 is 2.67 bits per heavy atom. The zero-order chi connectivity index (χ0) is 15.0. The smallest absolute Gasteiger partial charge is 0.339 e. The molecule has 2 heterocycles. The summed E-state index contributed by atoms with van der Waals surface area (Å²) >= 11 is 5.74. The zero-order valence-corrected chi connectivity index (χ0v) is 12.3. The van der Waals surface area contributed by atoms with E-state index in [4.69, 9.17) is 15.8 Å². The van der Waals surface area contributed by atoms with Crippen LogP contribution in [0, 0.1) is 6.92 Å². The van der Waals surface area contributed by atoms with Gasteiger partial charge >= 0.3 is 10.1 Å². The molecule has 0 bridgehead atoms. The molecule has 7 nitrogen and oxygen atoms in total. The number of aryl methyl sites for hydroxylation is 1. The molecule has 9 heteroatoms. The van der Waals surface area contributed by atoms with E-state index in [-0.39, 0.29) is 16.3 Å². The van der Waals surface area contributed by atoms with Crippen LogP contribution in [0.1, 0.15) is 5.69 Å². The number of nitrogens with zero attached hydrogens (tertiary/aromatic N) is 4. The fraction of sp³-hybridized carbons (Fsp3) is 0.0833. The van der Waals surface area contributed by atoms with E-state index in [1.165, 1.54) is 41.2 Å². The summed E-state index contributed by atoms with van der Waals surface area (Å²) in [4.78, 5) is -0.000898. The molecule has 0 atom stereocenters. The highest BCUT2D eigenvalue weighted by Crippen LogP contribution is 2.23. The van der Waals surface area contributed by atoms with E-state index in [2.05, 4.69) is 15.3 Å². The van der Waals surface area contributed by atoms with Gasteiger partial charge in [-0.2, -0.15) is 18.0 Å². The van der Waals surface area contributed by atoms with E-state index in [0.717, 1.165) is 0 Å². The maximum atomic E-state index is 12.2. The SMILES string of the molecule is Cc1cc(OS(=O)(=O)c2ccc(Cl)cc2)c2nncn2n1. The first-order valence-electron chi connectivity index (χ1n) is 5.83. The lowest BCUT2D eigenvalue weighted by atomic mass is 10.4. The van der Waals surface area contributed by atoms with Crippen molar-refractivity contribution in [3.8, 4) is 5.75 Å². The van der Waals surface area contributed by atoms with Crippen molar-refractivity contribution in [2.45, 2.75) is 11.8 Å². The predicted octanol–water partition coefficient (Wildman–Crippen LogP) is 1.85. The second-order valence-electron chi connectivity index (χ2n) is 4.24. The molecule has 0 N–H and O–H groups in total. The molecule has 2 aromatic heterocycles. The van der Waals surface area contributed by atoms with Gasteiger partial charge in [0.2, 0.25) is 5.65 Å². The van der Waals surface area contributed by atoms with Crippen LogP contribution < -0.4 is 4.18 Å². The molecule has 1 aromatic carbocycles. The van der Waals surface area contributed by atoms with Crippen molar-refractivity contribution < 1.29 is 12.6 Å². The van der Waals surface area contributed by atoms with Crippen LogP contribution in [0.25, 0.3) is 5.65 Å². The van der Waals surface area contributed by atoms with Gasteiger partial charge in [-0.1, -0.05) is 11.6 Å². The minimum Gasteiger partial charge on any atom is -0.375 e.